The predicted molar refractivity (Wildman–Crippen MR) is 82.0 cm³/mol. The minimum Gasteiger partial charge on any atom is -0.370 e. The second-order valence-corrected chi connectivity index (χ2v) is 5.80. The Morgan fingerprint density at radius 3 is 2.85 bits per heavy atom. The van der Waals surface area contributed by atoms with E-state index in [1.165, 1.54) is 12.8 Å². The quantitative estimate of drug-likeness (QED) is 0.868. The summed E-state index contributed by atoms with van der Waals surface area (Å²) in [6.45, 7) is 7.12. The van der Waals surface area contributed by atoms with Gasteiger partial charge in [-0.25, -0.2) is 4.98 Å². The van der Waals surface area contributed by atoms with Gasteiger partial charge in [-0.15, -0.1) is 0 Å². The molecule has 2 atom stereocenters. The molecule has 1 heterocycles. The van der Waals surface area contributed by atoms with Crippen LogP contribution < -0.4 is 10.6 Å². The Hall–Kier alpha value is -1.58. The van der Waals surface area contributed by atoms with Crippen LogP contribution in [0.1, 0.15) is 55.6 Å². The molecule has 2 N–H and O–H groups in total. The van der Waals surface area contributed by atoms with E-state index in [0.29, 0.717) is 17.5 Å². The standard InChI is InChI=1S/C16H25N3O/c1-4-8-17-15-10-13(9-12(3)18-15)16(20)19-14-7-5-6-11(14)2/h9-11,14H,4-8H2,1-3H3,(H,17,18)(H,19,20). The molecule has 1 aliphatic carbocycles. The Labute approximate surface area is 121 Å². The van der Waals surface area contributed by atoms with E-state index >= 15 is 0 Å². The topological polar surface area (TPSA) is 54.0 Å². The van der Waals surface area contributed by atoms with Crippen LogP contribution in [0.4, 0.5) is 5.82 Å². The van der Waals surface area contributed by atoms with Crippen molar-refractivity contribution in [2.45, 2.75) is 52.5 Å². The lowest BCUT2D eigenvalue weighted by Gasteiger charge is -2.17. The van der Waals surface area contributed by atoms with Crippen molar-refractivity contribution in [1.82, 2.24) is 10.3 Å². The zero-order valence-electron chi connectivity index (χ0n) is 12.7. The van der Waals surface area contributed by atoms with Crippen LogP contribution in [0.2, 0.25) is 0 Å². The van der Waals surface area contributed by atoms with Crippen LogP contribution in [0.25, 0.3) is 0 Å². The van der Waals surface area contributed by atoms with Crippen LogP contribution in [-0.4, -0.2) is 23.5 Å². The minimum atomic E-state index is 0.0220. The summed E-state index contributed by atoms with van der Waals surface area (Å²) in [5.41, 5.74) is 1.57. The molecular weight excluding hydrogens is 250 g/mol. The van der Waals surface area contributed by atoms with Crippen molar-refractivity contribution < 1.29 is 4.79 Å². The number of carbonyl (C=O) groups is 1. The highest BCUT2D eigenvalue weighted by Gasteiger charge is 2.25. The molecule has 1 aliphatic rings. The van der Waals surface area contributed by atoms with Gasteiger partial charge in [0.15, 0.2) is 0 Å². The van der Waals surface area contributed by atoms with Gasteiger partial charge in [-0.3, -0.25) is 4.79 Å². The fourth-order valence-corrected chi connectivity index (χ4v) is 2.75. The number of amides is 1. The molecule has 2 rings (SSSR count). The predicted octanol–water partition coefficient (Wildman–Crippen LogP) is 3.13. The average molecular weight is 275 g/mol. The van der Waals surface area contributed by atoms with Crippen molar-refractivity contribution >= 4 is 11.7 Å². The van der Waals surface area contributed by atoms with E-state index in [1.807, 2.05) is 19.1 Å². The molecule has 1 amide bonds. The first-order chi connectivity index (χ1) is 9.60. The van der Waals surface area contributed by atoms with Gasteiger partial charge < -0.3 is 10.6 Å². The van der Waals surface area contributed by atoms with Crippen LogP contribution in [0.5, 0.6) is 0 Å². The maximum Gasteiger partial charge on any atom is 0.251 e. The van der Waals surface area contributed by atoms with E-state index in [4.69, 9.17) is 0 Å². The molecule has 0 radical (unpaired) electrons. The highest BCUT2D eigenvalue weighted by molar-refractivity contribution is 5.95. The fraction of sp³-hybridized carbons (Fsp3) is 0.625. The van der Waals surface area contributed by atoms with Gasteiger partial charge in [-0.2, -0.15) is 0 Å². The molecular formula is C16H25N3O. The fourth-order valence-electron chi connectivity index (χ4n) is 2.75. The van der Waals surface area contributed by atoms with Crippen LogP contribution in [-0.2, 0) is 0 Å². The number of nitrogens with one attached hydrogen (secondary N) is 2. The van der Waals surface area contributed by atoms with Crippen LogP contribution in [0.15, 0.2) is 12.1 Å². The van der Waals surface area contributed by atoms with Crippen molar-refractivity contribution in [3.8, 4) is 0 Å². The Kier molecular flexibility index (Phi) is 4.99. The van der Waals surface area contributed by atoms with Crippen molar-refractivity contribution in [1.29, 1.82) is 0 Å². The Bertz CT molecular complexity index is 473. The largest absolute Gasteiger partial charge is 0.370 e. The van der Waals surface area contributed by atoms with E-state index < -0.39 is 0 Å². The molecule has 1 aromatic rings. The van der Waals surface area contributed by atoms with Gasteiger partial charge in [0, 0.05) is 23.8 Å². The van der Waals surface area contributed by atoms with Gasteiger partial charge >= 0.3 is 0 Å². The molecule has 0 bridgehead atoms. The lowest BCUT2D eigenvalue weighted by molar-refractivity contribution is 0.0929. The molecule has 0 saturated heterocycles. The van der Waals surface area contributed by atoms with Gasteiger partial charge in [0.1, 0.15) is 5.82 Å². The van der Waals surface area contributed by atoms with Gasteiger partial charge in [0.05, 0.1) is 0 Å². The van der Waals surface area contributed by atoms with E-state index in [-0.39, 0.29) is 5.91 Å². The smallest absolute Gasteiger partial charge is 0.251 e. The number of hydrogen-bond acceptors (Lipinski definition) is 3. The third-order valence-electron chi connectivity index (χ3n) is 3.95. The van der Waals surface area contributed by atoms with Crippen LogP contribution >= 0.6 is 0 Å². The number of aromatic nitrogens is 1. The molecule has 0 aliphatic heterocycles. The minimum absolute atomic E-state index is 0.0220. The molecule has 1 aromatic heterocycles. The summed E-state index contributed by atoms with van der Waals surface area (Å²) < 4.78 is 0. The maximum absolute atomic E-state index is 12.4. The number of rotatable bonds is 5. The summed E-state index contributed by atoms with van der Waals surface area (Å²) in [5.74, 6) is 1.39. The molecule has 20 heavy (non-hydrogen) atoms. The SMILES string of the molecule is CCCNc1cc(C(=O)NC2CCCC2C)cc(C)n1. The highest BCUT2D eigenvalue weighted by atomic mass is 16.1. The molecule has 4 nitrogen and oxygen atoms in total. The van der Waals surface area contributed by atoms with Crippen LogP contribution in [0, 0.1) is 12.8 Å². The van der Waals surface area contributed by atoms with E-state index in [9.17, 15) is 4.79 Å². The Morgan fingerprint density at radius 1 is 1.40 bits per heavy atom. The van der Waals surface area contributed by atoms with Gasteiger partial charge in [0.2, 0.25) is 0 Å². The number of aryl methyl sites for hydroxylation is 1. The van der Waals surface area contributed by atoms with Crippen molar-refractivity contribution in [2.75, 3.05) is 11.9 Å². The molecule has 1 saturated carbocycles. The van der Waals surface area contributed by atoms with Gasteiger partial charge in [-0.1, -0.05) is 20.3 Å². The summed E-state index contributed by atoms with van der Waals surface area (Å²) in [6, 6.07) is 4.02. The average Bonchev–Trinajstić information content (AvgIpc) is 2.81. The van der Waals surface area contributed by atoms with Crippen LogP contribution in [0.3, 0.4) is 0 Å². The lowest BCUT2D eigenvalue weighted by Crippen LogP contribution is -2.36. The second kappa shape index (κ2) is 6.73. The molecule has 0 spiro atoms. The summed E-state index contributed by atoms with van der Waals surface area (Å²) in [4.78, 5) is 16.8. The summed E-state index contributed by atoms with van der Waals surface area (Å²) in [6.07, 6.45) is 4.56. The van der Waals surface area contributed by atoms with E-state index in [0.717, 1.165) is 30.9 Å². The molecule has 110 valence electrons. The first kappa shape index (κ1) is 14.8. The van der Waals surface area contributed by atoms with Gasteiger partial charge in [-0.05, 0) is 44.2 Å². The zero-order chi connectivity index (χ0) is 14.5. The summed E-state index contributed by atoms with van der Waals surface area (Å²) in [5, 5.41) is 6.40. The van der Waals surface area contributed by atoms with Crippen molar-refractivity contribution in [3.63, 3.8) is 0 Å². The first-order valence-electron chi connectivity index (χ1n) is 7.63. The number of anilines is 1. The maximum atomic E-state index is 12.4. The Morgan fingerprint density at radius 2 is 2.20 bits per heavy atom. The normalized spacial score (nSPS) is 21.8. The molecule has 1 fully saturated rings. The van der Waals surface area contributed by atoms with Crippen molar-refractivity contribution in [2.24, 2.45) is 5.92 Å². The number of pyridine rings is 1. The van der Waals surface area contributed by atoms with Gasteiger partial charge in [0.25, 0.3) is 5.91 Å². The monoisotopic (exact) mass is 275 g/mol. The van der Waals surface area contributed by atoms with E-state index in [1.54, 1.807) is 0 Å². The third-order valence-corrected chi connectivity index (χ3v) is 3.95. The number of hydrogen-bond donors (Lipinski definition) is 2. The molecule has 2 unspecified atom stereocenters. The first-order valence-corrected chi connectivity index (χ1v) is 7.63. The number of nitrogens with zero attached hydrogens (tertiary/aromatic N) is 1. The lowest BCUT2D eigenvalue weighted by atomic mass is 10.1. The Balaban J connectivity index is 2.06. The highest BCUT2D eigenvalue weighted by Crippen LogP contribution is 2.25. The molecule has 0 aromatic carbocycles. The van der Waals surface area contributed by atoms with Crippen molar-refractivity contribution in [3.05, 3.63) is 23.4 Å². The second-order valence-electron chi connectivity index (χ2n) is 5.80. The van der Waals surface area contributed by atoms with E-state index in [2.05, 4.69) is 29.5 Å². The third kappa shape index (κ3) is 3.71. The zero-order valence-corrected chi connectivity index (χ0v) is 12.7. The summed E-state index contributed by atoms with van der Waals surface area (Å²) >= 11 is 0. The summed E-state index contributed by atoms with van der Waals surface area (Å²) in [7, 11) is 0. The molecule has 4 heteroatoms. The number of carbonyl (C=O) groups excluding carboxylic acids is 1.